The molecule has 0 bridgehead atoms. The number of hydrogen-bond acceptors (Lipinski definition) is 3. The molecule has 1 aliphatic heterocycles. The molecule has 0 fully saturated rings. The average Bonchev–Trinajstić information content (AvgIpc) is 1.86. The van der Waals surface area contributed by atoms with Crippen molar-refractivity contribution in [1.29, 1.82) is 0 Å². The molecule has 3 heteroatoms. The molecule has 1 aliphatic rings. The van der Waals surface area contributed by atoms with Crippen molar-refractivity contribution in [2.45, 2.75) is 6.42 Å². The molecule has 0 radical (unpaired) electrons. The second-order valence-electron chi connectivity index (χ2n) is 0.955. The van der Waals surface area contributed by atoms with E-state index in [0.29, 0.717) is 6.42 Å². The van der Waals surface area contributed by atoms with Gasteiger partial charge in [-0.25, -0.2) is 4.79 Å². The summed E-state index contributed by atoms with van der Waals surface area (Å²) in [6.07, 6.45) is 1.77. The lowest BCUT2D eigenvalue weighted by Crippen LogP contribution is -1.88. The molecule has 1 heterocycles. The Hall–Kier alpha value is -0.860. The minimum atomic E-state index is -0.269. The fourth-order valence-corrected chi connectivity index (χ4v) is 0.245. The summed E-state index contributed by atoms with van der Waals surface area (Å²) in [5.74, 6) is -0.269. The first-order valence-electron chi connectivity index (χ1n) is 1.61. The Balaban J connectivity index is 2.52. The maximum absolute atomic E-state index is 9.90. The molecule has 0 aliphatic carbocycles. The van der Waals surface area contributed by atoms with Crippen LogP contribution in [0.15, 0.2) is 5.16 Å². The fraction of sp³-hybridized carbons (Fsp3) is 0.333. The number of carbonyl (C=O) groups excluding carboxylic acids is 1. The first kappa shape index (κ1) is 3.33. The highest BCUT2D eigenvalue weighted by atomic mass is 16.7. The maximum Gasteiger partial charge on any atom is 0.340 e. The quantitative estimate of drug-likeness (QED) is 0.386. The summed E-state index contributed by atoms with van der Waals surface area (Å²) in [6.45, 7) is 0. The van der Waals surface area contributed by atoms with E-state index in [1.54, 1.807) is 0 Å². The van der Waals surface area contributed by atoms with Gasteiger partial charge in [-0.05, 0) is 0 Å². The van der Waals surface area contributed by atoms with Crippen LogP contribution in [0.1, 0.15) is 6.42 Å². The van der Waals surface area contributed by atoms with Gasteiger partial charge in [-0.3, -0.25) is 0 Å². The van der Waals surface area contributed by atoms with Crippen molar-refractivity contribution in [2.75, 3.05) is 0 Å². The molecular weight excluding hydrogens is 82.0 g/mol. The van der Waals surface area contributed by atoms with Gasteiger partial charge < -0.3 is 4.84 Å². The number of nitrogens with zero attached hydrogens (tertiary/aromatic N) is 1. The Kier molecular flexibility index (Phi) is 0.602. The molecule has 0 N–H and O–H groups in total. The topological polar surface area (TPSA) is 38.7 Å². The zero-order valence-corrected chi connectivity index (χ0v) is 3.05. The molecule has 3 nitrogen and oxygen atoms in total. The summed E-state index contributed by atoms with van der Waals surface area (Å²) in [6, 6.07) is 0. The summed E-state index contributed by atoms with van der Waals surface area (Å²) in [5.41, 5.74) is 0. The molecule has 6 heavy (non-hydrogen) atoms. The normalized spacial score (nSPS) is 18.3. The van der Waals surface area contributed by atoms with Gasteiger partial charge in [-0.1, -0.05) is 5.16 Å². The lowest BCUT2D eigenvalue weighted by atomic mass is 10.5. The number of carbonyl (C=O) groups is 1. The number of oxime groups is 1. The third kappa shape index (κ3) is 0.381. The van der Waals surface area contributed by atoms with Crippen molar-refractivity contribution in [1.82, 2.24) is 0 Å². The van der Waals surface area contributed by atoms with Crippen molar-refractivity contribution in [2.24, 2.45) is 5.16 Å². The van der Waals surface area contributed by atoms with E-state index < -0.39 is 0 Å². The number of rotatable bonds is 0. The van der Waals surface area contributed by atoms with Crippen molar-refractivity contribution < 1.29 is 9.63 Å². The molecule has 0 amide bonds. The van der Waals surface area contributed by atoms with E-state index in [1.807, 2.05) is 0 Å². The summed E-state index contributed by atoms with van der Waals surface area (Å²) < 4.78 is 0. The lowest BCUT2D eigenvalue weighted by molar-refractivity contribution is -0.140. The Bertz CT molecular complexity index is 87.0. The predicted molar refractivity (Wildman–Crippen MR) is 19.2 cm³/mol. The smallest absolute Gasteiger partial charge is 0.318 e. The standard InChI is InChI=1S/C3H3NO2/c5-3-1-2-4-6-3/h2H,1H2. The Morgan fingerprint density at radius 2 is 2.83 bits per heavy atom. The predicted octanol–water partition coefficient (Wildman–Crippen LogP) is -0.0809. The van der Waals surface area contributed by atoms with Gasteiger partial charge in [0.1, 0.15) is 0 Å². The summed E-state index contributed by atoms with van der Waals surface area (Å²) in [4.78, 5) is 14.0. The van der Waals surface area contributed by atoms with Crippen molar-refractivity contribution in [3.05, 3.63) is 0 Å². The van der Waals surface area contributed by atoms with E-state index >= 15 is 0 Å². The average molecular weight is 85.1 g/mol. The summed E-state index contributed by atoms with van der Waals surface area (Å²) >= 11 is 0. The highest BCUT2D eigenvalue weighted by molar-refractivity contribution is 5.88. The van der Waals surface area contributed by atoms with E-state index in [0.717, 1.165) is 0 Å². The zero-order chi connectivity index (χ0) is 4.41. The van der Waals surface area contributed by atoms with Crippen LogP contribution in [0.3, 0.4) is 0 Å². The molecular formula is C3H3NO2. The van der Waals surface area contributed by atoms with Gasteiger partial charge in [0.05, 0.1) is 12.6 Å². The van der Waals surface area contributed by atoms with Crippen molar-refractivity contribution in [3.8, 4) is 0 Å². The van der Waals surface area contributed by atoms with Crippen LogP contribution in [0.2, 0.25) is 0 Å². The van der Waals surface area contributed by atoms with Gasteiger partial charge >= 0.3 is 5.97 Å². The Labute approximate surface area is 34.6 Å². The van der Waals surface area contributed by atoms with E-state index in [4.69, 9.17) is 0 Å². The van der Waals surface area contributed by atoms with Crippen LogP contribution < -0.4 is 0 Å². The first-order chi connectivity index (χ1) is 2.89. The Morgan fingerprint density at radius 3 is 3.00 bits per heavy atom. The molecule has 32 valence electrons. The zero-order valence-electron chi connectivity index (χ0n) is 3.05. The van der Waals surface area contributed by atoms with E-state index in [-0.39, 0.29) is 5.97 Å². The van der Waals surface area contributed by atoms with Crippen LogP contribution in [-0.2, 0) is 9.63 Å². The van der Waals surface area contributed by atoms with Crippen LogP contribution in [0, 0.1) is 0 Å². The molecule has 0 spiro atoms. The lowest BCUT2D eigenvalue weighted by Gasteiger charge is -1.75. The van der Waals surface area contributed by atoms with Gasteiger partial charge in [-0.15, -0.1) is 0 Å². The van der Waals surface area contributed by atoms with Crippen molar-refractivity contribution in [3.63, 3.8) is 0 Å². The molecule has 0 unspecified atom stereocenters. The summed E-state index contributed by atoms with van der Waals surface area (Å²) in [5, 5.41) is 3.19. The van der Waals surface area contributed by atoms with Gasteiger partial charge in [-0.2, -0.15) is 0 Å². The molecule has 0 saturated heterocycles. The third-order valence-electron chi connectivity index (χ3n) is 0.487. The fourth-order valence-electron chi connectivity index (χ4n) is 0.245. The van der Waals surface area contributed by atoms with Crippen LogP contribution in [-0.4, -0.2) is 12.2 Å². The van der Waals surface area contributed by atoms with Crippen molar-refractivity contribution >= 4 is 12.2 Å². The Morgan fingerprint density at radius 1 is 2.00 bits per heavy atom. The highest BCUT2D eigenvalue weighted by Crippen LogP contribution is 1.90. The van der Waals surface area contributed by atoms with Crippen LogP contribution in [0.5, 0.6) is 0 Å². The molecule has 0 aromatic heterocycles. The minimum absolute atomic E-state index is 0.269. The van der Waals surface area contributed by atoms with E-state index in [9.17, 15) is 4.79 Å². The van der Waals surface area contributed by atoms with Gasteiger partial charge in [0.25, 0.3) is 0 Å². The number of hydrogen-bond donors (Lipinski definition) is 0. The van der Waals surface area contributed by atoms with Crippen LogP contribution in [0.4, 0.5) is 0 Å². The van der Waals surface area contributed by atoms with E-state index in [2.05, 4.69) is 9.99 Å². The van der Waals surface area contributed by atoms with Gasteiger partial charge in [0, 0.05) is 0 Å². The van der Waals surface area contributed by atoms with Crippen LogP contribution >= 0.6 is 0 Å². The van der Waals surface area contributed by atoms with E-state index in [1.165, 1.54) is 6.21 Å². The molecule has 1 rings (SSSR count). The van der Waals surface area contributed by atoms with Gasteiger partial charge in [0.15, 0.2) is 0 Å². The largest absolute Gasteiger partial charge is 0.340 e. The second-order valence-corrected chi connectivity index (χ2v) is 0.955. The highest BCUT2D eigenvalue weighted by Gasteiger charge is 2.03. The molecule has 0 aromatic carbocycles. The monoisotopic (exact) mass is 85.0 g/mol. The maximum atomic E-state index is 9.90. The molecule has 0 atom stereocenters. The SMILES string of the molecule is O=C1CC=NO1. The first-order valence-corrected chi connectivity index (χ1v) is 1.61. The molecule has 0 saturated carbocycles. The second kappa shape index (κ2) is 1.08. The van der Waals surface area contributed by atoms with Crippen LogP contribution in [0.25, 0.3) is 0 Å². The van der Waals surface area contributed by atoms with Gasteiger partial charge in [0.2, 0.25) is 0 Å². The summed E-state index contributed by atoms with van der Waals surface area (Å²) in [7, 11) is 0. The third-order valence-corrected chi connectivity index (χ3v) is 0.487. The minimum Gasteiger partial charge on any atom is -0.318 e. The molecule has 0 aromatic rings.